The normalized spacial score (nSPS) is 15.4. The van der Waals surface area contributed by atoms with Crippen molar-refractivity contribution in [2.75, 3.05) is 18.4 Å². The fourth-order valence-corrected chi connectivity index (χ4v) is 5.41. The Kier molecular flexibility index (Phi) is 7.51. The van der Waals surface area contributed by atoms with Crippen LogP contribution in [0.1, 0.15) is 43.4 Å². The number of anilines is 1. The molecule has 5 heteroatoms. The van der Waals surface area contributed by atoms with Crippen LogP contribution in [0.2, 0.25) is 0 Å². The van der Waals surface area contributed by atoms with Gasteiger partial charge in [0.2, 0.25) is 5.91 Å². The quantitative estimate of drug-likeness (QED) is 0.455. The smallest absolute Gasteiger partial charge is 0.226 e. The molecule has 2 aromatic carbocycles. The first-order chi connectivity index (χ1) is 15.9. The number of carbonyl (C=O) groups excluding carboxylic acids is 1. The van der Waals surface area contributed by atoms with Crippen LogP contribution in [-0.2, 0) is 16.6 Å². The summed E-state index contributed by atoms with van der Waals surface area (Å²) in [6.45, 7) is 8.07. The second-order valence-corrected chi connectivity index (χ2v) is 10.5. The minimum Gasteiger partial charge on any atom is -0.326 e. The second kappa shape index (κ2) is 10.5. The van der Waals surface area contributed by atoms with Gasteiger partial charge >= 0.3 is 0 Å². The van der Waals surface area contributed by atoms with Gasteiger partial charge in [-0.15, -0.1) is 0 Å². The molecule has 1 aliphatic rings. The summed E-state index contributed by atoms with van der Waals surface area (Å²) in [5.74, 6) is 0.0255. The Labute approximate surface area is 201 Å². The summed E-state index contributed by atoms with van der Waals surface area (Å²) in [6.07, 6.45) is 6.83. The molecule has 0 radical (unpaired) electrons. The molecule has 0 saturated carbocycles. The molecule has 3 aromatic rings. The summed E-state index contributed by atoms with van der Waals surface area (Å²) in [7, 11) is 0. The number of aromatic nitrogens is 1. The second-order valence-electron chi connectivity index (χ2n) is 9.31. The molecular formula is C28H33N3OS. The summed E-state index contributed by atoms with van der Waals surface area (Å²) in [4.78, 5) is 18.8. The van der Waals surface area contributed by atoms with Crippen molar-refractivity contribution in [3.8, 4) is 0 Å². The Morgan fingerprint density at radius 1 is 1.03 bits per heavy atom. The molecule has 4 rings (SSSR count). The molecule has 2 N–H and O–H groups in total. The van der Waals surface area contributed by atoms with Crippen LogP contribution in [0.5, 0.6) is 0 Å². The third-order valence-corrected chi connectivity index (χ3v) is 7.53. The minimum absolute atomic E-state index is 0.0360. The van der Waals surface area contributed by atoms with Crippen molar-refractivity contribution in [3.05, 3.63) is 83.7 Å². The van der Waals surface area contributed by atoms with E-state index in [2.05, 4.69) is 58.9 Å². The summed E-state index contributed by atoms with van der Waals surface area (Å²) in [6, 6.07) is 19.5. The fraction of sp³-hybridized carbons (Fsp3) is 0.357. The summed E-state index contributed by atoms with van der Waals surface area (Å²) < 4.78 is 0. The maximum Gasteiger partial charge on any atom is 0.226 e. The lowest BCUT2D eigenvalue weighted by molar-refractivity contribution is -0.118. The van der Waals surface area contributed by atoms with E-state index in [1.54, 1.807) is 11.8 Å². The number of amides is 1. The lowest BCUT2D eigenvalue weighted by Gasteiger charge is -2.40. The van der Waals surface area contributed by atoms with E-state index < -0.39 is 0 Å². The molecule has 1 aliphatic heterocycles. The van der Waals surface area contributed by atoms with Crippen LogP contribution in [0.25, 0.3) is 0 Å². The molecule has 1 fully saturated rings. The van der Waals surface area contributed by atoms with Crippen molar-refractivity contribution in [2.45, 2.75) is 55.2 Å². The van der Waals surface area contributed by atoms with Gasteiger partial charge < -0.3 is 10.6 Å². The van der Waals surface area contributed by atoms with Gasteiger partial charge in [0, 0.05) is 39.2 Å². The molecule has 4 nitrogen and oxygen atoms in total. The van der Waals surface area contributed by atoms with Crippen LogP contribution in [0.4, 0.5) is 5.69 Å². The number of hydrogen-bond acceptors (Lipinski definition) is 4. The first-order valence-corrected chi connectivity index (χ1v) is 12.6. The maximum atomic E-state index is 12.3. The van der Waals surface area contributed by atoms with Crippen LogP contribution in [0, 0.1) is 12.8 Å². The molecule has 0 bridgehead atoms. The van der Waals surface area contributed by atoms with E-state index in [1.807, 2.05) is 44.4 Å². The summed E-state index contributed by atoms with van der Waals surface area (Å²) >= 11 is 1.76. The zero-order valence-electron chi connectivity index (χ0n) is 19.7. The van der Waals surface area contributed by atoms with Crippen LogP contribution >= 0.6 is 11.8 Å². The minimum atomic E-state index is -0.0360. The molecule has 1 aromatic heterocycles. The Hall–Kier alpha value is -2.63. The summed E-state index contributed by atoms with van der Waals surface area (Å²) in [5.41, 5.74) is 4.97. The molecule has 1 saturated heterocycles. The number of benzene rings is 2. The van der Waals surface area contributed by atoms with E-state index in [0.717, 1.165) is 38.0 Å². The first-order valence-electron chi connectivity index (χ1n) is 11.7. The summed E-state index contributed by atoms with van der Waals surface area (Å²) in [5, 5.41) is 6.63. The highest BCUT2D eigenvalue weighted by molar-refractivity contribution is 7.99. The Balaban J connectivity index is 1.58. The number of hydrogen-bond donors (Lipinski definition) is 2. The van der Waals surface area contributed by atoms with Crippen LogP contribution in [0.3, 0.4) is 0 Å². The number of nitrogens with zero attached hydrogens (tertiary/aromatic N) is 1. The molecule has 2 heterocycles. The zero-order chi connectivity index (χ0) is 23.3. The van der Waals surface area contributed by atoms with Crippen molar-refractivity contribution >= 4 is 23.4 Å². The van der Waals surface area contributed by atoms with E-state index in [4.69, 9.17) is 0 Å². The van der Waals surface area contributed by atoms with Gasteiger partial charge in [-0.3, -0.25) is 9.78 Å². The largest absolute Gasteiger partial charge is 0.326 e. The molecular weight excluding hydrogens is 426 g/mol. The van der Waals surface area contributed by atoms with Crippen LogP contribution in [0.15, 0.2) is 76.8 Å². The Morgan fingerprint density at radius 3 is 2.36 bits per heavy atom. The van der Waals surface area contributed by atoms with Gasteiger partial charge in [-0.2, -0.15) is 0 Å². The SMILES string of the molecule is Cc1ccc(NC(=O)C(C)C)cc1C1(Cc2ccc(Sc3ccncc3)cc2)CCNCC1. The van der Waals surface area contributed by atoms with Crippen LogP contribution < -0.4 is 10.6 Å². The highest BCUT2D eigenvalue weighted by Crippen LogP contribution is 2.40. The van der Waals surface area contributed by atoms with E-state index in [1.165, 1.54) is 26.5 Å². The number of aryl methyl sites for hydroxylation is 1. The highest BCUT2D eigenvalue weighted by Gasteiger charge is 2.35. The van der Waals surface area contributed by atoms with Crippen molar-refractivity contribution in [1.82, 2.24) is 10.3 Å². The molecule has 33 heavy (non-hydrogen) atoms. The predicted octanol–water partition coefficient (Wildman–Crippen LogP) is 6.00. The van der Waals surface area contributed by atoms with Gasteiger partial charge in [0.1, 0.15) is 0 Å². The Bertz CT molecular complexity index is 1070. The van der Waals surface area contributed by atoms with Crippen molar-refractivity contribution in [3.63, 3.8) is 0 Å². The van der Waals surface area contributed by atoms with E-state index >= 15 is 0 Å². The monoisotopic (exact) mass is 459 g/mol. The molecule has 0 atom stereocenters. The highest BCUT2D eigenvalue weighted by atomic mass is 32.2. The predicted molar refractivity (Wildman–Crippen MR) is 137 cm³/mol. The molecule has 0 unspecified atom stereocenters. The molecule has 0 aliphatic carbocycles. The van der Waals surface area contributed by atoms with Crippen molar-refractivity contribution in [1.29, 1.82) is 0 Å². The number of nitrogens with one attached hydrogen (secondary N) is 2. The first kappa shape index (κ1) is 23.5. The van der Waals surface area contributed by atoms with Gasteiger partial charge in [0.15, 0.2) is 0 Å². The lowest BCUT2D eigenvalue weighted by atomic mass is 9.68. The van der Waals surface area contributed by atoms with E-state index in [9.17, 15) is 4.79 Å². The molecule has 172 valence electrons. The standard InChI is InChI=1S/C28H33N3OS/c1-20(2)27(32)31-23-7-4-21(3)26(18-23)28(12-16-30-17-13-28)19-22-5-8-24(9-6-22)33-25-10-14-29-15-11-25/h4-11,14-15,18,20,30H,12-13,16-17,19H2,1-3H3,(H,31,32). The van der Waals surface area contributed by atoms with Crippen molar-refractivity contribution < 1.29 is 4.79 Å². The zero-order valence-corrected chi connectivity index (χ0v) is 20.5. The van der Waals surface area contributed by atoms with Gasteiger partial charge in [-0.05, 0) is 92.4 Å². The van der Waals surface area contributed by atoms with Gasteiger partial charge in [0.05, 0.1) is 0 Å². The maximum absolute atomic E-state index is 12.3. The van der Waals surface area contributed by atoms with Gasteiger partial charge in [-0.25, -0.2) is 0 Å². The van der Waals surface area contributed by atoms with Gasteiger partial charge in [0.25, 0.3) is 0 Å². The van der Waals surface area contributed by atoms with Crippen molar-refractivity contribution in [2.24, 2.45) is 5.92 Å². The lowest BCUT2D eigenvalue weighted by Crippen LogP contribution is -2.42. The number of carbonyl (C=O) groups is 1. The van der Waals surface area contributed by atoms with Gasteiger partial charge in [-0.1, -0.05) is 43.8 Å². The third kappa shape index (κ3) is 5.84. The third-order valence-electron chi connectivity index (χ3n) is 6.51. The topological polar surface area (TPSA) is 54.0 Å². The van der Waals surface area contributed by atoms with E-state index in [0.29, 0.717) is 0 Å². The number of pyridine rings is 1. The number of piperidine rings is 1. The fourth-order valence-electron chi connectivity index (χ4n) is 4.61. The van der Waals surface area contributed by atoms with E-state index in [-0.39, 0.29) is 17.2 Å². The molecule has 1 amide bonds. The Morgan fingerprint density at radius 2 is 1.70 bits per heavy atom. The average Bonchev–Trinajstić information content (AvgIpc) is 2.83. The molecule has 0 spiro atoms. The number of rotatable bonds is 7. The average molecular weight is 460 g/mol. The van der Waals surface area contributed by atoms with Crippen LogP contribution in [-0.4, -0.2) is 24.0 Å².